The lowest BCUT2D eigenvalue weighted by Crippen LogP contribution is -2.47. The Morgan fingerprint density at radius 1 is 1.03 bits per heavy atom. The second-order valence-electron chi connectivity index (χ2n) is 11.4. The van der Waals surface area contributed by atoms with Crippen LogP contribution in [0.1, 0.15) is 84.0 Å². The summed E-state index contributed by atoms with van der Waals surface area (Å²) in [6.45, 7) is 6.54. The van der Waals surface area contributed by atoms with Crippen LogP contribution in [-0.2, 0) is 14.3 Å². The van der Waals surface area contributed by atoms with Crippen LogP contribution in [0.25, 0.3) is 0 Å². The van der Waals surface area contributed by atoms with E-state index in [9.17, 15) is 14.9 Å². The van der Waals surface area contributed by atoms with Crippen LogP contribution in [0.2, 0.25) is 0 Å². The first-order valence-electron chi connectivity index (χ1n) is 14.4. The van der Waals surface area contributed by atoms with Gasteiger partial charge in [-0.25, -0.2) is 0 Å². The maximum absolute atomic E-state index is 13.5. The number of amides is 2. The predicted molar refractivity (Wildman–Crippen MR) is 135 cm³/mol. The van der Waals surface area contributed by atoms with Gasteiger partial charge in [-0.15, -0.1) is 0 Å². The Balaban J connectivity index is 1.35. The van der Waals surface area contributed by atoms with E-state index in [4.69, 9.17) is 4.74 Å². The van der Waals surface area contributed by atoms with Crippen LogP contribution in [0.4, 0.5) is 0 Å². The molecule has 0 aromatic carbocycles. The number of nitrogens with zero attached hydrogens (tertiary/aromatic N) is 3. The SMILES string of the molecule is CCC1C(N2CCC(NC(=O)[C@@H](CC(=O)N3CCOCC3)CC3CCCCC3)C2)CCC[C@H]1C#N. The van der Waals surface area contributed by atoms with Crippen molar-refractivity contribution in [2.24, 2.45) is 23.7 Å². The van der Waals surface area contributed by atoms with Crippen molar-refractivity contribution in [3.05, 3.63) is 0 Å². The van der Waals surface area contributed by atoms with Crippen molar-refractivity contribution in [3.63, 3.8) is 0 Å². The number of rotatable bonds is 8. The third-order valence-corrected chi connectivity index (χ3v) is 9.20. The Hall–Kier alpha value is -1.65. The summed E-state index contributed by atoms with van der Waals surface area (Å²) in [6, 6.07) is 3.17. The van der Waals surface area contributed by atoms with Gasteiger partial charge in [0, 0.05) is 50.6 Å². The van der Waals surface area contributed by atoms with Crippen molar-refractivity contribution in [2.45, 2.75) is 96.1 Å². The van der Waals surface area contributed by atoms with Gasteiger partial charge in [-0.2, -0.15) is 5.26 Å². The molecule has 7 heteroatoms. The summed E-state index contributed by atoms with van der Waals surface area (Å²) in [6.07, 6.45) is 12.6. The molecule has 0 aromatic heterocycles. The van der Waals surface area contributed by atoms with Gasteiger partial charge in [0.25, 0.3) is 0 Å². The molecule has 4 fully saturated rings. The summed E-state index contributed by atoms with van der Waals surface area (Å²) in [5.74, 6) is 1.12. The summed E-state index contributed by atoms with van der Waals surface area (Å²) >= 11 is 0. The molecule has 2 aliphatic heterocycles. The first kappa shape index (κ1) is 26.4. The van der Waals surface area contributed by atoms with Gasteiger partial charge in [0.2, 0.25) is 11.8 Å². The Morgan fingerprint density at radius 2 is 1.80 bits per heavy atom. The molecule has 196 valence electrons. The lowest BCUT2D eigenvalue weighted by atomic mass is 9.74. The Kier molecular flexibility index (Phi) is 9.85. The molecular weight excluding hydrogens is 440 g/mol. The average molecular weight is 487 g/mol. The van der Waals surface area contributed by atoms with Crippen LogP contribution in [0.15, 0.2) is 0 Å². The van der Waals surface area contributed by atoms with Gasteiger partial charge >= 0.3 is 0 Å². The third-order valence-electron chi connectivity index (χ3n) is 9.20. The zero-order valence-corrected chi connectivity index (χ0v) is 21.8. The van der Waals surface area contributed by atoms with Gasteiger partial charge in [-0.1, -0.05) is 51.9 Å². The monoisotopic (exact) mass is 486 g/mol. The number of carbonyl (C=O) groups excluding carboxylic acids is 2. The van der Waals surface area contributed by atoms with Crippen molar-refractivity contribution in [1.29, 1.82) is 5.26 Å². The molecule has 5 atom stereocenters. The summed E-state index contributed by atoms with van der Waals surface area (Å²) in [4.78, 5) is 31.0. The van der Waals surface area contributed by atoms with E-state index in [2.05, 4.69) is 23.2 Å². The van der Waals surface area contributed by atoms with Gasteiger partial charge in [-0.05, 0) is 37.5 Å². The normalized spacial score (nSPS) is 31.6. The van der Waals surface area contributed by atoms with Crippen LogP contribution in [0.3, 0.4) is 0 Å². The van der Waals surface area contributed by atoms with E-state index >= 15 is 0 Å². The fourth-order valence-corrected chi connectivity index (χ4v) is 7.20. The van der Waals surface area contributed by atoms with Crippen LogP contribution < -0.4 is 5.32 Å². The van der Waals surface area contributed by atoms with Gasteiger partial charge in [0.1, 0.15) is 0 Å². The molecular formula is C28H46N4O3. The van der Waals surface area contributed by atoms with E-state index < -0.39 is 0 Å². The molecule has 2 heterocycles. The number of hydrogen-bond acceptors (Lipinski definition) is 5. The maximum atomic E-state index is 13.5. The van der Waals surface area contributed by atoms with E-state index in [0.29, 0.717) is 50.6 Å². The molecule has 2 saturated carbocycles. The fourth-order valence-electron chi connectivity index (χ4n) is 7.20. The van der Waals surface area contributed by atoms with E-state index in [-0.39, 0.29) is 29.7 Å². The molecule has 7 nitrogen and oxygen atoms in total. The molecule has 0 aromatic rings. The summed E-state index contributed by atoms with van der Waals surface area (Å²) in [5, 5.41) is 13.0. The molecule has 1 N–H and O–H groups in total. The molecule has 2 amide bonds. The summed E-state index contributed by atoms with van der Waals surface area (Å²) in [7, 11) is 0. The van der Waals surface area contributed by atoms with Gasteiger partial charge in [-0.3, -0.25) is 14.5 Å². The minimum Gasteiger partial charge on any atom is -0.378 e. The molecule has 0 spiro atoms. The lowest BCUT2D eigenvalue weighted by Gasteiger charge is -2.40. The molecule has 2 aliphatic carbocycles. The number of ether oxygens (including phenoxy) is 1. The topological polar surface area (TPSA) is 85.7 Å². The Bertz CT molecular complexity index is 741. The van der Waals surface area contributed by atoms with Crippen molar-refractivity contribution in [3.8, 4) is 6.07 Å². The standard InChI is InChI=1S/C28H46N4O3/c1-2-25-22(19-29)9-6-10-26(25)32-12-11-24(20-32)30-28(34)23(17-21-7-4-3-5-8-21)18-27(33)31-13-15-35-16-14-31/h21-26H,2-18,20H2,1H3,(H,30,34)/t22-,23+,24?,25?,26?/m0/s1. The minimum absolute atomic E-state index is 0.0784. The third kappa shape index (κ3) is 6.98. The molecule has 0 radical (unpaired) electrons. The number of carbonyl (C=O) groups is 2. The van der Waals surface area contributed by atoms with Gasteiger partial charge in [0.05, 0.1) is 25.2 Å². The minimum atomic E-state index is -0.233. The highest BCUT2D eigenvalue weighted by Crippen LogP contribution is 2.37. The van der Waals surface area contributed by atoms with Gasteiger partial charge in [0.15, 0.2) is 0 Å². The van der Waals surface area contributed by atoms with Crippen LogP contribution >= 0.6 is 0 Å². The lowest BCUT2D eigenvalue weighted by molar-refractivity contribution is -0.140. The Labute approximate surface area is 211 Å². The number of hydrogen-bond donors (Lipinski definition) is 1. The highest BCUT2D eigenvalue weighted by Gasteiger charge is 2.39. The van der Waals surface area contributed by atoms with Crippen molar-refractivity contribution in [2.75, 3.05) is 39.4 Å². The van der Waals surface area contributed by atoms with Crippen LogP contribution in [-0.4, -0.2) is 73.1 Å². The maximum Gasteiger partial charge on any atom is 0.223 e. The second-order valence-corrected chi connectivity index (χ2v) is 11.4. The molecule has 4 rings (SSSR count). The van der Waals surface area contributed by atoms with Crippen molar-refractivity contribution >= 4 is 11.8 Å². The summed E-state index contributed by atoms with van der Waals surface area (Å²) < 4.78 is 5.41. The quantitative estimate of drug-likeness (QED) is 0.565. The molecule has 0 bridgehead atoms. The molecule has 35 heavy (non-hydrogen) atoms. The first-order chi connectivity index (χ1) is 17.1. The van der Waals surface area contributed by atoms with Gasteiger partial charge < -0.3 is 15.0 Å². The zero-order chi connectivity index (χ0) is 24.6. The van der Waals surface area contributed by atoms with Crippen molar-refractivity contribution < 1.29 is 14.3 Å². The number of nitrogens with one attached hydrogen (secondary N) is 1. The second kappa shape index (κ2) is 13.1. The highest BCUT2D eigenvalue weighted by atomic mass is 16.5. The average Bonchev–Trinajstić information content (AvgIpc) is 3.37. The molecule has 4 aliphatic rings. The van der Waals surface area contributed by atoms with E-state index in [1.165, 1.54) is 32.1 Å². The number of nitriles is 1. The van der Waals surface area contributed by atoms with Crippen LogP contribution in [0, 0.1) is 35.0 Å². The molecule has 2 saturated heterocycles. The number of morpholine rings is 1. The smallest absolute Gasteiger partial charge is 0.223 e. The largest absolute Gasteiger partial charge is 0.378 e. The highest BCUT2D eigenvalue weighted by molar-refractivity contribution is 5.86. The van der Waals surface area contributed by atoms with E-state index in [0.717, 1.165) is 51.6 Å². The Morgan fingerprint density at radius 3 is 2.51 bits per heavy atom. The molecule has 3 unspecified atom stereocenters. The zero-order valence-electron chi connectivity index (χ0n) is 21.8. The van der Waals surface area contributed by atoms with Crippen LogP contribution in [0.5, 0.6) is 0 Å². The van der Waals surface area contributed by atoms with E-state index in [1.54, 1.807) is 0 Å². The summed E-state index contributed by atoms with van der Waals surface area (Å²) in [5.41, 5.74) is 0. The van der Waals surface area contributed by atoms with Crippen molar-refractivity contribution in [1.82, 2.24) is 15.1 Å². The predicted octanol–water partition coefficient (Wildman–Crippen LogP) is 3.73. The first-order valence-corrected chi connectivity index (χ1v) is 14.4. The van der Waals surface area contributed by atoms with E-state index in [1.807, 2.05) is 4.90 Å². The fraction of sp³-hybridized carbons (Fsp3) is 0.893. The number of likely N-dealkylation sites (tertiary alicyclic amines) is 1.